The Morgan fingerprint density at radius 1 is 1.18 bits per heavy atom. The van der Waals surface area contributed by atoms with E-state index in [-0.39, 0.29) is 23.3 Å². The molecule has 0 radical (unpaired) electrons. The summed E-state index contributed by atoms with van der Waals surface area (Å²) in [5.41, 5.74) is 5.76. The highest BCUT2D eigenvalue weighted by molar-refractivity contribution is 5.94. The summed E-state index contributed by atoms with van der Waals surface area (Å²) < 4.78 is 5.87. The summed E-state index contributed by atoms with van der Waals surface area (Å²) >= 11 is 0. The molecule has 3 aromatic rings. The van der Waals surface area contributed by atoms with Crippen LogP contribution in [0.2, 0.25) is 0 Å². The monoisotopic (exact) mass is 539 g/mol. The van der Waals surface area contributed by atoms with Gasteiger partial charge in [0.1, 0.15) is 5.75 Å². The second-order valence-corrected chi connectivity index (χ2v) is 12.3. The fraction of sp³-hybridized carbons (Fsp3) is 0.515. The molecule has 2 aromatic carbocycles. The van der Waals surface area contributed by atoms with Crippen LogP contribution in [-0.2, 0) is 6.54 Å². The largest absolute Gasteiger partial charge is 0.496 e. The molecular weight excluding hydrogens is 498 g/mol. The Bertz CT molecular complexity index is 1390. The summed E-state index contributed by atoms with van der Waals surface area (Å²) in [7, 11) is 1.75. The van der Waals surface area contributed by atoms with E-state index in [0.29, 0.717) is 5.92 Å². The SMILES string of the molecule is COc1cc(C)c2[nH]ccc2c1CN1CCC2(CC(C#N)C2)CC1c1ccc(C(=O)NCC2CCNCC2)cc1. The number of piperidine rings is 2. The molecule has 0 bridgehead atoms. The highest BCUT2D eigenvalue weighted by Crippen LogP contribution is 2.56. The Kier molecular flexibility index (Phi) is 7.57. The smallest absolute Gasteiger partial charge is 0.251 e. The molecule has 1 aromatic heterocycles. The molecule has 210 valence electrons. The topological polar surface area (TPSA) is 93.2 Å². The second kappa shape index (κ2) is 11.3. The quantitative estimate of drug-likeness (QED) is 0.370. The lowest BCUT2D eigenvalue weighted by Gasteiger charge is -2.53. The minimum atomic E-state index is 0.0112. The predicted octanol–water partition coefficient (Wildman–Crippen LogP) is 5.47. The number of ether oxygens (including phenoxy) is 1. The van der Waals surface area contributed by atoms with Crippen LogP contribution in [0.3, 0.4) is 0 Å². The van der Waals surface area contributed by atoms with Gasteiger partial charge in [-0.1, -0.05) is 12.1 Å². The molecular formula is C33H41N5O2. The van der Waals surface area contributed by atoms with Crippen molar-refractivity contribution in [1.29, 1.82) is 5.26 Å². The summed E-state index contributed by atoms with van der Waals surface area (Å²) in [5.74, 6) is 1.69. The summed E-state index contributed by atoms with van der Waals surface area (Å²) in [6, 6.07) is 15.3. The predicted molar refractivity (Wildman–Crippen MR) is 157 cm³/mol. The first-order valence-corrected chi connectivity index (χ1v) is 14.8. The van der Waals surface area contributed by atoms with E-state index in [1.807, 2.05) is 18.3 Å². The molecule has 3 heterocycles. The maximum absolute atomic E-state index is 12.9. The number of nitriles is 1. The summed E-state index contributed by atoms with van der Waals surface area (Å²) in [5, 5.41) is 17.2. The number of carbonyl (C=O) groups is 1. The van der Waals surface area contributed by atoms with E-state index in [1.54, 1.807) is 7.11 Å². The van der Waals surface area contributed by atoms with Crippen LogP contribution in [0, 0.1) is 35.5 Å². The molecule has 2 saturated heterocycles. The maximum atomic E-state index is 12.9. The van der Waals surface area contributed by atoms with Crippen molar-refractivity contribution in [1.82, 2.24) is 20.5 Å². The fourth-order valence-corrected chi connectivity index (χ4v) is 7.41. The van der Waals surface area contributed by atoms with Crippen LogP contribution >= 0.6 is 0 Å². The third kappa shape index (κ3) is 5.23. The molecule has 2 aliphatic heterocycles. The van der Waals surface area contributed by atoms with Gasteiger partial charge in [0.15, 0.2) is 0 Å². The average molecular weight is 540 g/mol. The number of carbonyl (C=O) groups excluding carboxylic acids is 1. The molecule has 3 N–H and O–H groups in total. The standard InChI is InChI=1S/C33H41N5O2/c1-22-15-30(40-2)28(27-9-13-36-31(22)27)21-38-14-10-33(16-24(17-33)19-34)18-29(38)25-3-5-26(6-4-25)32(39)37-20-23-7-11-35-12-8-23/h3-6,9,13,15,23-24,29,35-36H,7-8,10-12,14,16-18,20-21H2,1-2H3,(H,37,39). The molecule has 3 aliphatic rings. The fourth-order valence-electron chi connectivity index (χ4n) is 7.41. The minimum Gasteiger partial charge on any atom is -0.496 e. The first kappa shape index (κ1) is 26.9. The average Bonchev–Trinajstić information content (AvgIpc) is 3.48. The molecule has 3 fully saturated rings. The molecule has 7 nitrogen and oxygen atoms in total. The van der Waals surface area contributed by atoms with Crippen LogP contribution in [0.4, 0.5) is 0 Å². The third-order valence-corrected chi connectivity index (χ3v) is 9.80. The minimum absolute atomic E-state index is 0.0112. The molecule has 1 aliphatic carbocycles. The molecule has 1 saturated carbocycles. The summed E-state index contributed by atoms with van der Waals surface area (Å²) in [4.78, 5) is 18.9. The Morgan fingerprint density at radius 3 is 2.67 bits per heavy atom. The number of methoxy groups -OCH3 is 1. The number of benzene rings is 2. The zero-order valence-corrected chi connectivity index (χ0v) is 23.8. The van der Waals surface area contributed by atoms with Gasteiger partial charge in [-0.25, -0.2) is 0 Å². The van der Waals surface area contributed by atoms with Gasteiger partial charge in [0.25, 0.3) is 5.91 Å². The summed E-state index contributed by atoms with van der Waals surface area (Å²) in [6.45, 7) is 6.70. The van der Waals surface area contributed by atoms with E-state index >= 15 is 0 Å². The van der Waals surface area contributed by atoms with Gasteiger partial charge < -0.3 is 20.4 Å². The van der Waals surface area contributed by atoms with Crippen LogP contribution in [0.15, 0.2) is 42.6 Å². The van der Waals surface area contributed by atoms with Crippen LogP contribution in [0.5, 0.6) is 5.75 Å². The number of likely N-dealkylation sites (tertiary alicyclic amines) is 1. The van der Waals surface area contributed by atoms with E-state index in [4.69, 9.17) is 4.74 Å². The van der Waals surface area contributed by atoms with Crippen LogP contribution in [0.1, 0.15) is 71.6 Å². The van der Waals surface area contributed by atoms with Crippen molar-refractivity contribution in [2.24, 2.45) is 17.3 Å². The maximum Gasteiger partial charge on any atom is 0.251 e. The molecule has 1 spiro atoms. The summed E-state index contributed by atoms with van der Waals surface area (Å²) in [6.07, 6.45) is 8.40. The van der Waals surface area contributed by atoms with Gasteiger partial charge in [0, 0.05) is 53.3 Å². The number of H-pyrrole nitrogens is 1. The molecule has 1 amide bonds. The molecule has 7 heteroatoms. The Balaban J connectivity index is 1.23. The highest BCUT2D eigenvalue weighted by Gasteiger charge is 2.49. The molecule has 1 unspecified atom stereocenters. The number of fused-ring (bicyclic) bond motifs is 1. The van der Waals surface area contributed by atoms with Crippen molar-refractivity contribution < 1.29 is 9.53 Å². The first-order chi connectivity index (χ1) is 19.5. The number of amides is 1. The first-order valence-electron chi connectivity index (χ1n) is 14.8. The zero-order valence-electron chi connectivity index (χ0n) is 23.8. The van der Waals surface area contributed by atoms with E-state index in [0.717, 1.165) is 88.1 Å². The van der Waals surface area contributed by atoms with Crippen LogP contribution in [0.25, 0.3) is 10.9 Å². The molecule has 40 heavy (non-hydrogen) atoms. The lowest BCUT2D eigenvalue weighted by molar-refractivity contribution is -0.0298. The van der Waals surface area contributed by atoms with Crippen LogP contribution < -0.4 is 15.4 Å². The number of aromatic amines is 1. The van der Waals surface area contributed by atoms with Crippen molar-refractivity contribution in [3.05, 3.63) is 64.8 Å². The van der Waals surface area contributed by atoms with Crippen molar-refractivity contribution in [3.63, 3.8) is 0 Å². The number of aryl methyl sites for hydroxylation is 1. The number of hydrogen-bond acceptors (Lipinski definition) is 5. The van der Waals surface area contributed by atoms with Gasteiger partial charge in [-0.3, -0.25) is 9.69 Å². The lowest BCUT2D eigenvalue weighted by Crippen LogP contribution is -2.48. The van der Waals surface area contributed by atoms with Gasteiger partial charge in [-0.15, -0.1) is 0 Å². The van der Waals surface area contributed by atoms with E-state index in [1.165, 1.54) is 22.1 Å². The zero-order chi connectivity index (χ0) is 27.7. The van der Waals surface area contributed by atoms with Crippen molar-refractivity contribution in [3.8, 4) is 11.8 Å². The number of hydrogen-bond donors (Lipinski definition) is 3. The van der Waals surface area contributed by atoms with Gasteiger partial charge >= 0.3 is 0 Å². The van der Waals surface area contributed by atoms with Gasteiger partial charge in [0.2, 0.25) is 0 Å². The Morgan fingerprint density at radius 2 is 1.95 bits per heavy atom. The highest BCUT2D eigenvalue weighted by atomic mass is 16.5. The Labute approximate surface area is 237 Å². The number of aromatic nitrogens is 1. The Hall–Kier alpha value is -3.34. The third-order valence-electron chi connectivity index (χ3n) is 9.80. The van der Waals surface area contributed by atoms with E-state index in [2.05, 4.69) is 57.8 Å². The van der Waals surface area contributed by atoms with Gasteiger partial charge in [0.05, 0.1) is 13.2 Å². The van der Waals surface area contributed by atoms with E-state index in [9.17, 15) is 10.1 Å². The second-order valence-electron chi connectivity index (χ2n) is 12.3. The molecule has 6 rings (SSSR count). The van der Waals surface area contributed by atoms with Crippen molar-refractivity contribution >= 4 is 16.8 Å². The van der Waals surface area contributed by atoms with E-state index < -0.39 is 0 Å². The lowest BCUT2D eigenvalue weighted by atomic mass is 9.56. The normalized spacial score (nSPS) is 25.4. The van der Waals surface area contributed by atoms with Gasteiger partial charge in [-0.05, 0) is 112 Å². The van der Waals surface area contributed by atoms with Crippen molar-refractivity contribution in [2.45, 2.75) is 58.0 Å². The number of nitrogens with zero attached hydrogens (tertiary/aromatic N) is 2. The van der Waals surface area contributed by atoms with Gasteiger partial charge in [-0.2, -0.15) is 5.26 Å². The molecule has 1 atom stereocenters. The number of nitrogens with one attached hydrogen (secondary N) is 3. The van der Waals surface area contributed by atoms with Crippen molar-refractivity contribution in [2.75, 3.05) is 33.3 Å². The van der Waals surface area contributed by atoms with Crippen LogP contribution in [-0.4, -0.2) is 49.1 Å². The number of rotatable bonds is 7.